The highest BCUT2D eigenvalue weighted by Crippen LogP contribution is 2.39. The van der Waals surface area contributed by atoms with Crippen LogP contribution < -0.4 is 10.5 Å². The molecule has 1 aliphatic rings. The lowest BCUT2D eigenvalue weighted by Gasteiger charge is -2.09. The van der Waals surface area contributed by atoms with Gasteiger partial charge >= 0.3 is 0 Å². The molecule has 4 rings (SSSR count). The van der Waals surface area contributed by atoms with Crippen LogP contribution in [0, 0.1) is 0 Å². The van der Waals surface area contributed by atoms with Crippen molar-refractivity contribution in [3.05, 3.63) is 47.1 Å². The van der Waals surface area contributed by atoms with E-state index < -0.39 is 0 Å². The Morgan fingerprint density at radius 1 is 1.32 bits per heavy atom. The lowest BCUT2D eigenvalue weighted by atomic mass is 10.00. The van der Waals surface area contributed by atoms with E-state index >= 15 is 0 Å². The van der Waals surface area contributed by atoms with Gasteiger partial charge in [-0.3, -0.25) is 4.68 Å². The third kappa shape index (κ3) is 2.07. The van der Waals surface area contributed by atoms with Crippen molar-refractivity contribution in [2.24, 2.45) is 12.8 Å². The molecule has 3 aromatic rings. The zero-order chi connectivity index (χ0) is 15.3. The molecule has 0 saturated heterocycles. The number of fused-ring (bicyclic) bond motifs is 2. The summed E-state index contributed by atoms with van der Waals surface area (Å²) in [5.41, 5.74) is 10.2. The van der Waals surface area contributed by atoms with Gasteiger partial charge in [0.15, 0.2) is 0 Å². The first-order valence-corrected chi connectivity index (χ1v) is 7.65. The normalized spacial score (nSPS) is 16.8. The minimum atomic E-state index is 0.0311. The van der Waals surface area contributed by atoms with E-state index in [4.69, 9.17) is 22.1 Å². The highest BCUT2D eigenvalue weighted by atomic mass is 35.5. The lowest BCUT2D eigenvalue weighted by molar-refractivity contribution is 0.241. The predicted octanol–water partition coefficient (Wildman–Crippen LogP) is 3.16. The molecule has 22 heavy (non-hydrogen) atoms. The number of ether oxygens (including phenoxy) is 1. The van der Waals surface area contributed by atoms with Crippen molar-refractivity contribution in [3.8, 4) is 16.9 Å². The summed E-state index contributed by atoms with van der Waals surface area (Å²) < 4.78 is 7.65. The maximum atomic E-state index is 6.39. The molecule has 0 spiro atoms. The molecule has 0 bridgehead atoms. The summed E-state index contributed by atoms with van der Waals surface area (Å²) >= 11 is 6.39. The monoisotopic (exact) mass is 313 g/mol. The van der Waals surface area contributed by atoms with Gasteiger partial charge < -0.3 is 10.5 Å². The molecule has 2 heterocycles. The molecule has 1 aromatic heterocycles. The number of nitrogens with zero attached hydrogens (tertiary/aromatic N) is 2. The molecule has 4 nitrogen and oxygen atoms in total. The lowest BCUT2D eigenvalue weighted by Crippen LogP contribution is -2.24. The van der Waals surface area contributed by atoms with Crippen molar-refractivity contribution in [2.75, 3.05) is 6.54 Å². The summed E-state index contributed by atoms with van der Waals surface area (Å²) in [6.07, 6.45) is 2.72. The van der Waals surface area contributed by atoms with Crippen molar-refractivity contribution in [1.82, 2.24) is 9.78 Å². The molecule has 2 N–H and O–H groups in total. The van der Waals surface area contributed by atoms with Gasteiger partial charge in [-0.25, -0.2) is 0 Å². The molecule has 5 heteroatoms. The summed E-state index contributed by atoms with van der Waals surface area (Å²) in [5, 5.41) is 6.05. The fourth-order valence-electron chi connectivity index (χ4n) is 3.03. The average Bonchev–Trinajstić information content (AvgIpc) is 3.11. The molecular formula is C17H16ClN3O. The average molecular weight is 314 g/mol. The summed E-state index contributed by atoms with van der Waals surface area (Å²) in [6.45, 7) is 0.502. The van der Waals surface area contributed by atoms with Crippen LogP contribution >= 0.6 is 11.6 Å². The second-order valence-corrected chi connectivity index (χ2v) is 6.07. The van der Waals surface area contributed by atoms with E-state index in [2.05, 4.69) is 29.4 Å². The van der Waals surface area contributed by atoms with Crippen LogP contribution in [-0.2, 0) is 13.5 Å². The van der Waals surface area contributed by atoms with Gasteiger partial charge in [0, 0.05) is 31.0 Å². The molecule has 112 valence electrons. The number of aryl methyl sites for hydroxylation is 1. The highest BCUT2D eigenvalue weighted by Gasteiger charge is 2.25. The van der Waals surface area contributed by atoms with Crippen LogP contribution in [-0.4, -0.2) is 22.4 Å². The molecule has 2 aromatic carbocycles. The maximum absolute atomic E-state index is 6.39. The van der Waals surface area contributed by atoms with E-state index in [-0.39, 0.29) is 6.10 Å². The van der Waals surface area contributed by atoms with E-state index in [1.54, 1.807) is 0 Å². The van der Waals surface area contributed by atoms with Crippen LogP contribution in [0.25, 0.3) is 22.0 Å². The Balaban J connectivity index is 1.80. The summed E-state index contributed by atoms with van der Waals surface area (Å²) in [6, 6.07) is 10.4. The number of nitrogens with two attached hydrogens (primary N) is 1. The van der Waals surface area contributed by atoms with Gasteiger partial charge in [-0.15, -0.1) is 0 Å². The van der Waals surface area contributed by atoms with Crippen LogP contribution in [0.1, 0.15) is 5.56 Å². The van der Waals surface area contributed by atoms with E-state index in [0.717, 1.165) is 39.8 Å². The fraction of sp³-hybridized carbons (Fsp3) is 0.235. The van der Waals surface area contributed by atoms with Gasteiger partial charge in [0.25, 0.3) is 0 Å². The van der Waals surface area contributed by atoms with Crippen LogP contribution in [0.15, 0.2) is 36.5 Å². The molecule has 1 aliphatic heterocycles. The first-order valence-electron chi connectivity index (χ1n) is 7.27. The van der Waals surface area contributed by atoms with Gasteiger partial charge in [-0.2, -0.15) is 5.10 Å². The smallest absolute Gasteiger partial charge is 0.141 e. The molecule has 0 aliphatic carbocycles. The topological polar surface area (TPSA) is 53.1 Å². The van der Waals surface area contributed by atoms with Crippen LogP contribution in [0.3, 0.4) is 0 Å². The number of halogens is 1. The van der Waals surface area contributed by atoms with Crippen LogP contribution in [0.2, 0.25) is 5.02 Å². The van der Waals surface area contributed by atoms with Gasteiger partial charge in [0.05, 0.1) is 16.7 Å². The third-order valence-corrected chi connectivity index (χ3v) is 4.48. The van der Waals surface area contributed by atoms with E-state index in [9.17, 15) is 0 Å². The maximum Gasteiger partial charge on any atom is 0.141 e. The Hall–Kier alpha value is -2.04. The minimum Gasteiger partial charge on any atom is -0.487 e. The quantitative estimate of drug-likeness (QED) is 0.790. The largest absolute Gasteiger partial charge is 0.487 e. The predicted molar refractivity (Wildman–Crippen MR) is 88.3 cm³/mol. The Bertz CT molecular complexity index is 872. The molecular weight excluding hydrogens is 298 g/mol. The Morgan fingerprint density at radius 2 is 2.18 bits per heavy atom. The van der Waals surface area contributed by atoms with Crippen molar-refractivity contribution >= 4 is 22.5 Å². The highest BCUT2D eigenvalue weighted by molar-refractivity contribution is 6.32. The van der Waals surface area contributed by atoms with Gasteiger partial charge in [-0.1, -0.05) is 17.7 Å². The number of rotatable bonds is 2. The summed E-state index contributed by atoms with van der Waals surface area (Å²) in [5.74, 6) is 0.781. The zero-order valence-corrected chi connectivity index (χ0v) is 13.0. The Morgan fingerprint density at radius 3 is 3.00 bits per heavy atom. The fourth-order valence-corrected chi connectivity index (χ4v) is 3.31. The van der Waals surface area contributed by atoms with Gasteiger partial charge in [0.1, 0.15) is 11.9 Å². The molecule has 0 radical (unpaired) electrons. The zero-order valence-electron chi connectivity index (χ0n) is 12.2. The Kier molecular flexibility index (Phi) is 3.10. The Labute approximate surface area is 133 Å². The first kappa shape index (κ1) is 13.6. The summed E-state index contributed by atoms with van der Waals surface area (Å²) in [7, 11) is 1.94. The summed E-state index contributed by atoms with van der Waals surface area (Å²) in [4.78, 5) is 0. The standard InChI is InChI=1S/C17H16ClN3O/c1-21-16-3-2-10(4-13(16)9-20-21)11-5-12-6-14(8-19)22-17(12)15(18)7-11/h2-5,7,9,14H,6,8,19H2,1H3. The molecule has 1 unspecified atom stereocenters. The molecule has 0 amide bonds. The molecule has 0 saturated carbocycles. The van der Waals surface area contributed by atoms with Crippen LogP contribution in [0.5, 0.6) is 5.75 Å². The van der Waals surface area contributed by atoms with E-state index in [1.807, 2.05) is 24.0 Å². The molecule has 1 atom stereocenters. The SMILES string of the molecule is Cn1ncc2cc(-c3cc(Cl)c4c(c3)CC(CN)O4)ccc21. The van der Waals surface area contributed by atoms with Crippen molar-refractivity contribution in [3.63, 3.8) is 0 Å². The van der Waals surface area contributed by atoms with Gasteiger partial charge in [-0.05, 0) is 35.4 Å². The van der Waals surface area contributed by atoms with E-state index in [1.165, 1.54) is 0 Å². The second kappa shape index (κ2) is 5.00. The molecule has 0 fully saturated rings. The van der Waals surface area contributed by atoms with Crippen LogP contribution in [0.4, 0.5) is 0 Å². The first-order chi connectivity index (χ1) is 10.7. The van der Waals surface area contributed by atoms with Crippen molar-refractivity contribution in [2.45, 2.75) is 12.5 Å². The number of hydrogen-bond acceptors (Lipinski definition) is 3. The third-order valence-electron chi connectivity index (χ3n) is 4.20. The number of aromatic nitrogens is 2. The number of benzene rings is 2. The van der Waals surface area contributed by atoms with E-state index in [0.29, 0.717) is 11.6 Å². The van der Waals surface area contributed by atoms with Crippen molar-refractivity contribution < 1.29 is 4.74 Å². The second-order valence-electron chi connectivity index (χ2n) is 5.67. The minimum absolute atomic E-state index is 0.0311. The van der Waals surface area contributed by atoms with Crippen molar-refractivity contribution in [1.29, 1.82) is 0 Å². The van der Waals surface area contributed by atoms with Gasteiger partial charge in [0.2, 0.25) is 0 Å². The number of hydrogen-bond donors (Lipinski definition) is 1.